The standard InChI is InChI=1S/C17H13NO4S/c1-10-3-8-14(23-10)16(20)13(9-18)15(19)11-4-6-12(7-5-11)17(21)22-2/h3-8,13H,1-2H3. The summed E-state index contributed by atoms with van der Waals surface area (Å²) in [5.74, 6) is -3.00. The molecular formula is C17H13NO4S. The van der Waals surface area contributed by atoms with E-state index in [2.05, 4.69) is 4.74 Å². The van der Waals surface area contributed by atoms with Crippen LogP contribution in [0.3, 0.4) is 0 Å². The number of aryl methyl sites for hydroxylation is 1. The van der Waals surface area contributed by atoms with Crippen molar-refractivity contribution in [2.45, 2.75) is 6.92 Å². The third-order valence-corrected chi connectivity index (χ3v) is 4.24. The summed E-state index contributed by atoms with van der Waals surface area (Å²) in [5.41, 5.74) is 0.489. The molecule has 1 aromatic carbocycles. The predicted octanol–water partition coefficient (Wildman–Crippen LogP) is 3.05. The van der Waals surface area contributed by atoms with Gasteiger partial charge in [-0.15, -0.1) is 11.3 Å². The largest absolute Gasteiger partial charge is 0.465 e. The Morgan fingerprint density at radius 1 is 1.04 bits per heavy atom. The van der Waals surface area contributed by atoms with Crippen LogP contribution in [0.1, 0.15) is 35.3 Å². The van der Waals surface area contributed by atoms with Crippen LogP contribution in [0.4, 0.5) is 0 Å². The van der Waals surface area contributed by atoms with E-state index in [-0.39, 0.29) is 11.1 Å². The second-order valence-corrected chi connectivity index (χ2v) is 6.06. The molecule has 0 aliphatic heterocycles. The van der Waals surface area contributed by atoms with Crippen LogP contribution >= 0.6 is 11.3 Å². The number of rotatable bonds is 5. The van der Waals surface area contributed by atoms with E-state index in [0.29, 0.717) is 4.88 Å². The number of hydrogen-bond donors (Lipinski definition) is 0. The normalized spacial score (nSPS) is 11.3. The van der Waals surface area contributed by atoms with Crippen molar-refractivity contribution in [2.24, 2.45) is 5.92 Å². The molecule has 0 radical (unpaired) electrons. The van der Waals surface area contributed by atoms with Gasteiger partial charge in [-0.3, -0.25) is 9.59 Å². The maximum atomic E-state index is 12.4. The van der Waals surface area contributed by atoms with Crippen molar-refractivity contribution in [1.29, 1.82) is 5.26 Å². The van der Waals surface area contributed by atoms with Gasteiger partial charge in [0.15, 0.2) is 17.5 Å². The van der Waals surface area contributed by atoms with Gasteiger partial charge >= 0.3 is 5.97 Å². The number of hydrogen-bond acceptors (Lipinski definition) is 6. The number of benzene rings is 1. The molecule has 0 saturated carbocycles. The zero-order valence-electron chi connectivity index (χ0n) is 12.5. The van der Waals surface area contributed by atoms with Crippen molar-refractivity contribution in [1.82, 2.24) is 0 Å². The summed E-state index contributed by atoms with van der Waals surface area (Å²) in [6, 6.07) is 10.8. The van der Waals surface area contributed by atoms with E-state index >= 15 is 0 Å². The molecule has 1 unspecified atom stereocenters. The number of carbonyl (C=O) groups is 3. The average Bonchev–Trinajstić information content (AvgIpc) is 3.01. The van der Waals surface area contributed by atoms with E-state index < -0.39 is 23.5 Å². The minimum Gasteiger partial charge on any atom is -0.465 e. The Kier molecular flexibility index (Phi) is 5.04. The third kappa shape index (κ3) is 3.52. The number of nitrogens with zero attached hydrogens (tertiary/aromatic N) is 1. The van der Waals surface area contributed by atoms with Crippen LogP contribution in [0, 0.1) is 24.2 Å². The number of methoxy groups -OCH3 is 1. The molecule has 1 aromatic heterocycles. The summed E-state index contributed by atoms with van der Waals surface area (Å²) >= 11 is 1.25. The lowest BCUT2D eigenvalue weighted by molar-refractivity contribution is 0.0600. The van der Waals surface area contributed by atoms with E-state index in [4.69, 9.17) is 0 Å². The fourth-order valence-electron chi connectivity index (χ4n) is 2.00. The van der Waals surface area contributed by atoms with Crippen molar-refractivity contribution < 1.29 is 19.1 Å². The molecule has 0 N–H and O–H groups in total. The van der Waals surface area contributed by atoms with Gasteiger partial charge in [-0.25, -0.2) is 4.79 Å². The molecule has 0 amide bonds. The van der Waals surface area contributed by atoms with Gasteiger partial charge in [-0.2, -0.15) is 5.26 Å². The van der Waals surface area contributed by atoms with E-state index in [1.54, 1.807) is 18.2 Å². The van der Waals surface area contributed by atoms with Gasteiger partial charge in [-0.1, -0.05) is 12.1 Å². The lowest BCUT2D eigenvalue weighted by atomic mass is 9.93. The lowest BCUT2D eigenvalue weighted by Crippen LogP contribution is -2.22. The molecule has 0 spiro atoms. The van der Waals surface area contributed by atoms with Crippen molar-refractivity contribution in [3.8, 4) is 6.07 Å². The predicted molar refractivity (Wildman–Crippen MR) is 84.6 cm³/mol. The molecule has 23 heavy (non-hydrogen) atoms. The number of Topliss-reactive ketones (excluding diaryl/α,β-unsaturated/α-hetero) is 2. The van der Waals surface area contributed by atoms with E-state index in [0.717, 1.165) is 4.88 Å². The van der Waals surface area contributed by atoms with Gasteiger partial charge < -0.3 is 4.74 Å². The third-order valence-electron chi connectivity index (χ3n) is 3.23. The Balaban J connectivity index is 2.25. The van der Waals surface area contributed by atoms with Gasteiger partial charge in [0.05, 0.1) is 23.6 Å². The fraction of sp³-hybridized carbons (Fsp3) is 0.176. The van der Waals surface area contributed by atoms with Crippen molar-refractivity contribution in [3.05, 3.63) is 57.3 Å². The number of ketones is 2. The second-order valence-electron chi connectivity index (χ2n) is 4.77. The van der Waals surface area contributed by atoms with E-state index in [1.807, 2.05) is 6.92 Å². The minimum atomic E-state index is -1.39. The first-order valence-corrected chi connectivity index (χ1v) is 7.52. The van der Waals surface area contributed by atoms with Crippen LogP contribution in [0.2, 0.25) is 0 Å². The molecule has 0 fully saturated rings. The molecule has 116 valence electrons. The highest BCUT2D eigenvalue weighted by atomic mass is 32.1. The summed E-state index contributed by atoms with van der Waals surface area (Å²) in [6.07, 6.45) is 0. The van der Waals surface area contributed by atoms with E-state index in [9.17, 15) is 19.6 Å². The van der Waals surface area contributed by atoms with Crippen LogP contribution in [-0.4, -0.2) is 24.6 Å². The molecule has 0 saturated heterocycles. The second kappa shape index (κ2) is 6.99. The lowest BCUT2D eigenvalue weighted by Gasteiger charge is -2.07. The van der Waals surface area contributed by atoms with E-state index in [1.165, 1.54) is 42.7 Å². The van der Waals surface area contributed by atoms with Crippen molar-refractivity contribution >= 4 is 28.9 Å². The Hall–Kier alpha value is -2.78. The monoisotopic (exact) mass is 327 g/mol. The first-order chi connectivity index (χ1) is 11.0. The van der Waals surface area contributed by atoms with Gasteiger partial charge in [0.25, 0.3) is 0 Å². The zero-order valence-corrected chi connectivity index (χ0v) is 13.3. The SMILES string of the molecule is COC(=O)c1ccc(C(=O)C(C#N)C(=O)c2ccc(C)s2)cc1. The van der Waals surface area contributed by atoms with Gasteiger partial charge in [0.2, 0.25) is 0 Å². The van der Waals surface area contributed by atoms with Crippen LogP contribution in [-0.2, 0) is 4.74 Å². The van der Waals surface area contributed by atoms with Crippen molar-refractivity contribution in [3.63, 3.8) is 0 Å². The number of esters is 1. The minimum absolute atomic E-state index is 0.200. The number of thiophene rings is 1. The first-order valence-electron chi connectivity index (χ1n) is 6.70. The highest BCUT2D eigenvalue weighted by Crippen LogP contribution is 2.21. The zero-order chi connectivity index (χ0) is 17.0. The number of ether oxygens (including phenoxy) is 1. The summed E-state index contributed by atoms with van der Waals surface area (Å²) in [4.78, 5) is 37.4. The van der Waals surface area contributed by atoms with Crippen LogP contribution in [0.5, 0.6) is 0 Å². The molecule has 2 rings (SSSR count). The average molecular weight is 327 g/mol. The topological polar surface area (TPSA) is 84.2 Å². The van der Waals surface area contributed by atoms with Gasteiger partial charge in [0.1, 0.15) is 0 Å². The molecule has 2 aromatic rings. The number of nitriles is 1. The van der Waals surface area contributed by atoms with Crippen LogP contribution in [0.15, 0.2) is 36.4 Å². The van der Waals surface area contributed by atoms with Gasteiger partial charge in [0, 0.05) is 10.4 Å². The molecule has 0 aliphatic carbocycles. The smallest absolute Gasteiger partial charge is 0.337 e. The summed E-state index contributed by atoms with van der Waals surface area (Å²) in [6.45, 7) is 1.84. The number of carbonyl (C=O) groups excluding carboxylic acids is 3. The summed E-state index contributed by atoms with van der Waals surface area (Å²) in [7, 11) is 1.26. The Morgan fingerprint density at radius 2 is 1.65 bits per heavy atom. The molecular weight excluding hydrogens is 314 g/mol. The quantitative estimate of drug-likeness (QED) is 0.479. The Bertz CT molecular complexity index is 799. The van der Waals surface area contributed by atoms with Gasteiger partial charge in [-0.05, 0) is 31.2 Å². The summed E-state index contributed by atoms with van der Waals surface area (Å²) in [5, 5.41) is 9.22. The molecule has 0 bridgehead atoms. The Labute approximate surface area is 137 Å². The maximum Gasteiger partial charge on any atom is 0.337 e. The maximum absolute atomic E-state index is 12.4. The fourth-order valence-corrected chi connectivity index (χ4v) is 2.84. The first kappa shape index (κ1) is 16.6. The summed E-state index contributed by atoms with van der Waals surface area (Å²) < 4.78 is 4.57. The highest BCUT2D eigenvalue weighted by molar-refractivity contribution is 7.14. The van der Waals surface area contributed by atoms with Crippen LogP contribution < -0.4 is 0 Å². The Morgan fingerprint density at radius 3 is 2.13 bits per heavy atom. The molecule has 5 nitrogen and oxygen atoms in total. The molecule has 6 heteroatoms. The highest BCUT2D eigenvalue weighted by Gasteiger charge is 2.29. The van der Waals surface area contributed by atoms with Crippen LogP contribution in [0.25, 0.3) is 0 Å². The molecule has 1 atom stereocenters. The molecule has 1 heterocycles. The molecule has 0 aliphatic rings. The van der Waals surface area contributed by atoms with Crippen molar-refractivity contribution in [2.75, 3.05) is 7.11 Å².